The Morgan fingerprint density at radius 2 is 2.14 bits per heavy atom. The highest BCUT2D eigenvalue weighted by molar-refractivity contribution is 5.68. The molecule has 0 fully saturated rings. The third-order valence-electron chi connectivity index (χ3n) is 0.516. The van der Waals surface area contributed by atoms with E-state index in [-0.39, 0.29) is 13.4 Å². The zero-order chi connectivity index (χ0) is 4.99. The number of ether oxygens (including phenoxy) is 1. The van der Waals surface area contributed by atoms with Crippen LogP contribution in [0.2, 0.25) is 0 Å². The molecule has 0 aromatic rings. The molecule has 0 N–H and O–H groups in total. The summed E-state index contributed by atoms with van der Waals surface area (Å²) in [5.74, 6) is -0.157. The number of methoxy groups -OCH3 is 1. The van der Waals surface area contributed by atoms with E-state index in [4.69, 9.17) is 0 Å². The maximum Gasteiger partial charge on any atom is 0.305 e. The van der Waals surface area contributed by atoms with Crippen LogP contribution in [0.25, 0.3) is 0 Å². The Bertz CT molecular complexity index is 44.0. The van der Waals surface area contributed by atoms with Crippen LogP contribution in [0.3, 0.4) is 0 Å². The highest BCUT2D eigenvalue weighted by Crippen LogP contribution is 1.76. The van der Waals surface area contributed by atoms with Crippen molar-refractivity contribution in [3.8, 4) is 0 Å². The van der Waals surface area contributed by atoms with Crippen molar-refractivity contribution in [3.05, 3.63) is 0 Å². The molecule has 2 nitrogen and oxygen atoms in total. The molecule has 0 spiro atoms. The van der Waals surface area contributed by atoms with E-state index < -0.39 is 0 Å². The van der Waals surface area contributed by atoms with E-state index in [1.165, 1.54) is 7.11 Å². The third kappa shape index (κ3) is 5.47. The minimum Gasteiger partial charge on any atom is -0.469 e. The Balaban J connectivity index is 0. The van der Waals surface area contributed by atoms with Crippen molar-refractivity contribution in [2.45, 2.75) is 20.8 Å². The van der Waals surface area contributed by atoms with Crippen molar-refractivity contribution in [1.82, 2.24) is 0 Å². The molecule has 0 aromatic carbocycles. The fraction of sp³-hybridized carbons (Fsp3) is 0.800. The zero-order valence-corrected chi connectivity index (χ0v) is 4.02. The Labute approximate surface area is 44.5 Å². The maximum atomic E-state index is 9.96. The van der Waals surface area contributed by atoms with Gasteiger partial charge in [0.2, 0.25) is 0 Å². The summed E-state index contributed by atoms with van der Waals surface area (Å²) < 4.78 is 4.26. The molecule has 2 heteroatoms. The van der Waals surface area contributed by atoms with Gasteiger partial charge in [0.15, 0.2) is 0 Å². The smallest absolute Gasteiger partial charge is 0.305 e. The molecule has 7 heavy (non-hydrogen) atoms. The van der Waals surface area contributed by atoms with Crippen LogP contribution < -0.4 is 0 Å². The Morgan fingerprint density at radius 3 is 2.14 bits per heavy atom. The molecule has 0 saturated heterocycles. The fourth-order valence-corrected chi connectivity index (χ4v) is 0.144. The molecule has 0 heterocycles. The van der Waals surface area contributed by atoms with Crippen LogP contribution in [-0.4, -0.2) is 13.1 Å². The molecule has 0 rings (SSSR count). The third-order valence-corrected chi connectivity index (χ3v) is 0.516. The van der Waals surface area contributed by atoms with Gasteiger partial charge in [0.1, 0.15) is 0 Å². The second-order valence-electron chi connectivity index (χ2n) is 0.930. The van der Waals surface area contributed by atoms with Gasteiger partial charge in [-0.3, -0.25) is 4.79 Å². The number of carbonyl (C=O) groups excluding carboxylic acids is 1. The van der Waals surface area contributed by atoms with Crippen molar-refractivity contribution in [1.29, 1.82) is 0 Å². The second kappa shape index (κ2) is 5.47. The van der Waals surface area contributed by atoms with Crippen LogP contribution >= 0.6 is 0 Å². The normalized spacial score (nSPS) is 6.57. The van der Waals surface area contributed by atoms with Gasteiger partial charge in [0, 0.05) is 6.42 Å². The number of rotatable bonds is 1. The van der Waals surface area contributed by atoms with E-state index in [0.29, 0.717) is 6.42 Å². The lowest BCUT2D eigenvalue weighted by Gasteiger charge is -1.87. The van der Waals surface area contributed by atoms with Crippen molar-refractivity contribution < 1.29 is 9.53 Å². The summed E-state index contributed by atoms with van der Waals surface area (Å²) in [5, 5.41) is 0. The van der Waals surface area contributed by atoms with Crippen molar-refractivity contribution in [3.63, 3.8) is 0 Å². The van der Waals surface area contributed by atoms with Gasteiger partial charge in [-0.2, -0.15) is 0 Å². The van der Waals surface area contributed by atoms with Gasteiger partial charge in [0.05, 0.1) is 7.11 Å². The molecule has 0 atom stereocenters. The van der Waals surface area contributed by atoms with Gasteiger partial charge < -0.3 is 4.74 Å². The fourth-order valence-electron chi connectivity index (χ4n) is 0.144. The van der Waals surface area contributed by atoms with E-state index >= 15 is 0 Å². The first-order chi connectivity index (χ1) is 2.81. The number of carbonyl (C=O) groups is 1. The monoisotopic (exact) mass is 104 g/mol. The highest BCUT2D eigenvalue weighted by atomic mass is 16.5. The quantitative estimate of drug-likeness (QED) is 0.467. The molecular formula is C5H12O2. The highest BCUT2D eigenvalue weighted by Gasteiger charge is 1.87. The Hall–Kier alpha value is -0.530. The van der Waals surface area contributed by atoms with Crippen LogP contribution in [0, 0.1) is 0 Å². The van der Waals surface area contributed by atoms with Gasteiger partial charge in [-0.05, 0) is 0 Å². The summed E-state index contributed by atoms with van der Waals surface area (Å²) >= 11 is 0. The summed E-state index contributed by atoms with van der Waals surface area (Å²) in [5.41, 5.74) is 0. The van der Waals surface area contributed by atoms with E-state index in [1.54, 1.807) is 6.92 Å². The second-order valence-corrected chi connectivity index (χ2v) is 0.930. The molecule has 0 amide bonds. The van der Waals surface area contributed by atoms with E-state index in [1.807, 2.05) is 0 Å². The molecule has 0 bridgehead atoms. The van der Waals surface area contributed by atoms with Crippen LogP contribution in [0.5, 0.6) is 0 Å². The minimum atomic E-state index is -0.157. The van der Waals surface area contributed by atoms with Gasteiger partial charge in [0.25, 0.3) is 0 Å². The van der Waals surface area contributed by atoms with Crippen LogP contribution in [0.15, 0.2) is 0 Å². The molecule has 44 valence electrons. The topological polar surface area (TPSA) is 26.3 Å². The van der Waals surface area contributed by atoms with Crippen LogP contribution in [0.4, 0.5) is 0 Å². The lowest BCUT2D eigenvalue weighted by atomic mass is 10.5. The zero-order valence-electron chi connectivity index (χ0n) is 4.02. The molecule has 0 aliphatic carbocycles. The first-order valence-electron chi connectivity index (χ1n) is 1.88. The van der Waals surface area contributed by atoms with Crippen LogP contribution in [-0.2, 0) is 9.53 Å². The molecule has 0 aromatic heterocycles. The summed E-state index contributed by atoms with van der Waals surface area (Å²) in [6, 6.07) is 0. The van der Waals surface area contributed by atoms with E-state index in [2.05, 4.69) is 4.74 Å². The van der Waals surface area contributed by atoms with Gasteiger partial charge in [-0.25, -0.2) is 0 Å². The van der Waals surface area contributed by atoms with Crippen LogP contribution in [0.1, 0.15) is 20.8 Å². The molecule has 0 radical (unpaired) electrons. The first-order valence-corrected chi connectivity index (χ1v) is 1.88. The predicted octanol–water partition coefficient (Wildman–Crippen LogP) is 1.21. The summed E-state index contributed by atoms with van der Waals surface area (Å²) in [6.07, 6.45) is 0.469. The van der Waals surface area contributed by atoms with Crippen molar-refractivity contribution >= 4 is 5.97 Å². The lowest BCUT2D eigenvalue weighted by molar-refractivity contribution is -0.140. The average molecular weight is 104 g/mol. The molecule has 0 unspecified atom stereocenters. The van der Waals surface area contributed by atoms with Crippen molar-refractivity contribution in [2.24, 2.45) is 0 Å². The standard InChI is InChI=1S/C4H8O2.CH4/c1-3-4(5)6-2;/h3H2,1-2H3;1H4. The minimum absolute atomic E-state index is 0. The lowest BCUT2D eigenvalue weighted by Crippen LogP contribution is -1.94. The number of hydrogen-bond acceptors (Lipinski definition) is 2. The predicted molar refractivity (Wildman–Crippen MR) is 29.0 cm³/mol. The summed E-state index contributed by atoms with van der Waals surface area (Å²) in [4.78, 5) is 9.96. The van der Waals surface area contributed by atoms with Gasteiger partial charge in [-0.15, -0.1) is 0 Å². The average Bonchev–Trinajstić information content (AvgIpc) is 1.65. The first kappa shape index (κ1) is 9.69. The Morgan fingerprint density at radius 1 is 1.71 bits per heavy atom. The largest absolute Gasteiger partial charge is 0.469 e. The molecule has 0 aliphatic rings. The van der Waals surface area contributed by atoms with Crippen molar-refractivity contribution in [2.75, 3.05) is 7.11 Å². The maximum absolute atomic E-state index is 9.96. The molecule has 0 aliphatic heterocycles. The summed E-state index contributed by atoms with van der Waals surface area (Å²) in [7, 11) is 1.38. The molecule has 0 saturated carbocycles. The number of hydrogen-bond donors (Lipinski definition) is 0. The molecular weight excluding hydrogens is 92.1 g/mol. The van der Waals surface area contributed by atoms with Gasteiger partial charge >= 0.3 is 5.97 Å². The number of esters is 1. The summed E-state index contributed by atoms with van der Waals surface area (Å²) in [6.45, 7) is 1.76. The van der Waals surface area contributed by atoms with Gasteiger partial charge in [-0.1, -0.05) is 14.4 Å². The van der Waals surface area contributed by atoms with E-state index in [9.17, 15) is 4.79 Å². The SMILES string of the molecule is C.CCC(=O)OC. The van der Waals surface area contributed by atoms with E-state index in [0.717, 1.165) is 0 Å². The Kier molecular flexibility index (Phi) is 7.57.